The minimum atomic E-state index is -4.48. The van der Waals surface area contributed by atoms with Crippen LogP contribution in [0.3, 0.4) is 0 Å². The monoisotopic (exact) mass is 541 g/mol. The first kappa shape index (κ1) is 26.7. The Morgan fingerprint density at radius 2 is 1.74 bits per heavy atom. The lowest BCUT2D eigenvalue weighted by Crippen LogP contribution is -2.55. The third-order valence-corrected chi connectivity index (χ3v) is 7.33. The summed E-state index contributed by atoms with van der Waals surface area (Å²) in [5.74, 6) is 0.0387. The highest BCUT2D eigenvalue weighted by Crippen LogP contribution is 2.39. The first-order valence-electron chi connectivity index (χ1n) is 12.9. The molecule has 2 fully saturated rings. The van der Waals surface area contributed by atoms with Crippen LogP contribution in [0.2, 0.25) is 0 Å². The van der Waals surface area contributed by atoms with Gasteiger partial charge in [0.2, 0.25) is 5.88 Å². The van der Waals surface area contributed by atoms with Gasteiger partial charge in [0, 0.05) is 35.9 Å². The third kappa shape index (κ3) is 5.91. The number of hydrogen-bond acceptors (Lipinski definition) is 6. The number of anilines is 1. The number of alkyl halides is 3. The fourth-order valence-corrected chi connectivity index (χ4v) is 5.45. The lowest BCUT2D eigenvalue weighted by atomic mass is 9.96. The Labute approximate surface area is 223 Å². The molecule has 206 valence electrons. The number of piperidine rings is 1. The van der Waals surface area contributed by atoms with Gasteiger partial charge in [0.25, 0.3) is 11.8 Å². The van der Waals surface area contributed by atoms with Gasteiger partial charge in [-0.25, -0.2) is 9.97 Å². The number of nitrogens with one attached hydrogen (secondary N) is 2. The number of rotatable bonds is 7. The van der Waals surface area contributed by atoms with E-state index in [1.165, 1.54) is 12.3 Å². The fraction of sp³-hybridized carbons (Fsp3) is 0.429. The highest BCUT2D eigenvalue weighted by atomic mass is 19.4. The molecule has 0 unspecified atom stereocenters. The number of pyridine rings is 2. The van der Waals surface area contributed by atoms with Crippen LogP contribution in [0.1, 0.15) is 49.9 Å². The van der Waals surface area contributed by atoms with Crippen LogP contribution in [0.15, 0.2) is 54.9 Å². The fourth-order valence-electron chi connectivity index (χ4n) is 5.45. The molecule has 0 saturated carbocycles. The largest absolute Gasteiger partial charge is 0.461 e. The Balaban J connectivity index is 1.20. The van der Waals surface area contributed by atoms with Gasteiger partial charge in [0.15, 0.2) is 5.60 Å². The predicted octanol–water partition coefficient (Wildman–Crippen LogP) is 4.40. The Morgan fingerprint density at radius 1 is 1.03 bits per heavy atom. The van der Waals surface area contributed by atoms with Crippen LogP contribution in [-0.2, 0) is 4.79 Å². The maximum absolute atomic E-state index is 13.3. The molecule has 39 heavy (non-hydrogen) atoms. The van der Waals surface area contributed by atoms with Gasteiger partial charge in [-0.1, -0.05) is 18.2 Å². The van der Waals surface area contributed by atoms with E-state index in [0.717, 1.165) is 36.5 Å². The number of benzene rings is 1. The highest BCUT2D eigenvalue weighted by Gasteiger charge is 2.43. The summed E-state index contributed by atoms with van der Waals surface area (Å²) >= 11 is 0. The van der Waals surface area contributed by atoms with Crippen molar-refractivity contribution in [3.8, 4) is 5.88 Å². The van der Waals surface area contributed by atoms with E-state index in [9.17, 15) is 22.8 Å². The van der Waals surface area contributed by atoms with Crippen LogP contribution in [0.4, 0.5) is 19.0 Å². The molecule has 2 aliphatic heterocycles. The molecule has 2 aromatic heterocycles. The second kappa shape index (κ2) is 10.3. The summed E-state index contributed by atoms with van der Waals surface area (Å²) in [6, 6.07) is 13.0. The van der Waals surface area contributed by atoms with Gasteiger partial charge < -0.3 is 20.3 Å². The molecule has 0 aliphatic carbocycles. The molecular formula is C28H30F3N5O3. The van der Waals surface area contributed by atoms with E-state index in [4.69, 9.17) is 4.74 Å². The second-order valence-electron chi connectivity index (χ2n) is 10.6. The van der Waals surface area contributed by atoms with Crippen molar-refractivity contribution >= 4 is 28.4 Å². The van der Waals surface area contributed by atoms with Gasteiger partial charge in [0.1, 0.15) is 12.4 Å². The topological polar surface area (TPSA) is 96.5 Å². The van der Waals surface area contributed by atoms with Crippen LogP contribution >= 0.6 is 0 Å². The zero-order chi connectivity index (χ0) is 27.8. The number of carbonyl (C=O) groups excluding carboxylic acids is 2. The van der Waals surface area contributed by atoms with Crippen LogP contribution in [-0.4, -0.2) is 58.2 Å². The van der Waals surface area contributed by atoms with Crippen molar-refractivity contribution in [2.75, 3.05) is 11.4 Å². The summed E-state index contributed by atoms with van der Waals surface area (Å²) in [7, 11) is 0. The Morgan fingerprint density at radius 3 is 2.41 bits per heavy atom. The van der Waals surface area contributed by atoms with Gasteiger partial charge in [0.05, 0.1) is 5.56 Å². The van der Waals surface area contributed by atoms with E-state index < -0.39 is 24.2 Å². The molecular weight excluding hydrogens is 511 g/mol. The van der Waals surface area contributed by atoms with E-state index in [2.05, 4.69) is 20.2 Å². The lowest BCUT2D eigenvalue weighted by Gasteiger charge is -2.40. The molecule has 2 amide bonds. The first-order chi connectivity index (χ1) is 18.5. The minimum absolute atomic E-state index is 0.0398. The minimum Gasteiger partial charge on any atom is -0.461 e. The summed E-state index contributed by atoms with van der Waals surface area (Å²) < 4.78 is 43.3. The molecule has 2 N–H and O–H groups in total. The number of aromatic nitrogens is 2. The van der Waals surface area contributed by atoms with Crippen molar-refractivity contribution in [1.29, 1.82) is 0 Å². The van der Waals surface area contributed by atoms with Gasteiger partial charge in [-0.15, -0.1) is 0 Å². The van der Waals surface area contributed by atoms with Crippen LogP contribution in [0.25, 0.3) is 10.8 Å². The molecule has 1 aromatic carbocycles. The molecule has 2 aliphatic rings. The summed E-state index contributed by atoms with van der Waals surface area (Å²) in [6.45, 7) is 2.06. The second-order valence-corrected chi connectivity index (χ2v) is 10.6. The van der Waals surface area contributed by atoms with Crippen molar-refractivity contribution in [2.24, 2.45) is 0 Å². The van der Waals surface area contributed by atoms with Crippen LogP contribution in [0.5, 0.6) is 5.88 Å². The molecule has 2 bridgehead atoms. The van der Waals surface area contributed by atoms with Gasteiger partial charge >= 0.3 is 6.18 Å². The number of carbonyl (C=O) groups is 2. The Hall–Kier alpha value is -3.89. The molecule has 2 saturated heterocycles. The normalized spacial score (nSPS) is 21.1. The number of amides is 2. The van der Waals surface area contributed by atoms with E-state index in [-0.39, 0.29) is 29.6 Å². The van der Waals surface area contributed by atoms with Crippen LogP contribution in [0, 0.1) is 0 Å². The van der Waals surface area contributed by atoms with E-state index in [1.807, 2.05) is 35.6 Å². The van der Waals surface area contributed by atoms with E-state index >= 15 is 0 Å². The van der Waals surface area contributed by atoms with Crippen molar-refractivity contribution in [3.63, 3.8) is 0 Å². The molecule has 0 spiro atoms. The molecule has 11 heteroatoms. The van der Waals surface area contributed by atoms with Crippen molar-refractivity contribution < 1.29 is 27.5 Å². The highest BCUT2D eigenvalue weighted by molar-refractivity contribution is 5.94. The number of nitrogens with zero attached hydrogens (tertiary/aromatic N) is 3. The third-order valence-electron chi connectivity index (χ3n) is 7.33. The number of halogens is 3. The molecule has 4 heterocycles. The lowest BCUT2D eigenvalue weighted by molar-refractivity contribution is -0.135. The maximum Gasteiger partial charge on any atom is 0.405 e. The van der Waals surface area contributed by atoms with Crippen molar-refractivity contribution in [3.05, 3.63) is 60.4 Å². The standard InChI is InChI=1S/C28H30F3N5O3/c1-27(2,39-25-22-6-4-3-5-17(22)11-12-32-25)26(38)35-19-13-20-8-9-21(14-19)36(20)23-10-7-18(15-33-23)24(37)34-16-28(29,30)31/h3-7,10-12,15,19-21H,8-9,13-14,16H2,1-2H3,(H,34,37)(H,35,38)/t19-,20+,21-. The van der Waals surface area contributed by atoms with E-state index in [1.54, 1.807) is 26.1 Å². The van der Waals surface area contributed by atoms with Gasteiger partial charge in [-0.2, -0.15) is 13.2 Å². The average molecular weight is 542 g/mol. The number of hydrogen-bond donors (Lipinski definition) is 2. The van der Waals surface area contributed by atoms with Crippen molar-refractivity contribution in [1.82, 2.24) is 20.6 Å². The molecule has 3 atom stereocenters. The molecule has 8 nitrogen and oxygen atoms in total. The summed E-state index contributed by atoms with van der Waals surface area (Å²) in [4.78, 5) is 36.2. The number of ether oxygens (including phenoxy) is 1. The van der Waals surface area contributed by atoms with Gasteiger partial charge in [-0.3, -0.25) is 9.59 Å². The van der Waals surface area contributed by atoms with Gasteiger partial charge in [-0.05, 0) is 69.2 Å². The molecule has 3 aromatic rings. The SMILES string of the molecule is CC(C)(Oc1nccc2ccccc12)C(=O)N[C@H]1C[C@H]2CC[C@@H](C1)N2c1ccc(C(=O)NCC(F)(F)F)cn1. The quantitative estimate of drug-likeness (QED) is 0.461. The summed E-state index contributed by atoms with van der Waals surface area (Å²) in [5.41, 5.74) is -1.07. The first-order valence-corrected chi connectivity index (χ1v) is 12.9. The predicted molar refractivity (Wildman–Crippen MR) is 140 cm³/mol. The summed E-state index contributed by atoms with van der Waals surface area (Å²) in [5, 5.41) is 6.84. The van der Waals surface area contributed by atoms with E-state index in [0.29, 0.717) is 11.7 Å². The smallest absolute Gasteiger partial charge is 0.405 e. The average Bonchev–Trinajstić information content (AvgIpc) is 3.17. The van der Waals surface area contributed by atoms with Crippen LogP contribution < -0.4 is 20.3 Å². The maximum atomic E-state index is 13.3. The number of fused-ring (bicyclic) bond motifs is 3. The van der Waals surface area contributed by atoms with Crippen molar-refractivity contribution in [2.45, 2.75) is 69.4 Å². The Bertz CT molecular complexity index is 1340. The molecule has 0 radical (unpaired) electrons. The summed E-state index contributed by atoms with van der Waals surface area (Å²) in [6.07, 6.45) is 1.81. The zero-order valence-corrected chi connectivity index (χ0v) is 21.7. The molecule has 5 rings (SSSR count). The zero-order valence-electron chi connectivity index (χ0n) is 21.7. The Kier molecular flexibility index (Phi) is 7.09.